The highest BCUT2D eigenvalue weighted by Crippen LogP contribution is 2.30. The molecule has 2 amide bonds. The second kappa shape index (κ2) is 10.7. The molecule has 2 N–H and O–H groups in total. The maximum atomic E-state index is 13.1. The van der Waals surface area contributed by atoms with Gasteiger partial charge in [0.05, 0.1) is 29.0 Å². The molecule has 3 heterocycles. The van der Waals surface area contributed by atoms with Gasteiger partial charge in [0.1, 0.15) is 24.5 Å². The average Bonchev–Trinajstić information content (AvgIpc) is 3.55. The molecule has 0 saturated carbocycles. The third-order valence-electron chi connectivity index (χ3n) is 5.73. The minimum absolute atomic E-state index is 0.00538. The number of carbonyl (C=O) groups excluding carboxylic acids is 3. The molecule has 11 nitrogen and oxygen atoms in total. The fraction of sp³-hybridized carbons (Fsp3) is 0.348. The molecule has 0 radical (unpaired) electrons. The molecule has 1 saturated heterocycles. The number of carbonyl (C=O) groups is 3. The number of esters is 2. The molecule has 2 aliphatic rings. The van der Waals surface area contributed by atoms with E-state index in [0.717, 1.165) is 4.31 Å². The van der Waals surface area contributed by atoms with E-state index >= 15 is 0 Å². The van der Waals surface area contributed by atoms with Crippen LogP contribution in [0, 0.1) is 0 Å². The third-order valence-corrected chi connectivity index (χ3v) is 7.91. The van der Waals surface area contributed by atoms with Gasteiger partial charge in [-0.25, -0.2) is 18.0 Å². The summed E-state index contributed by atoms with van der Waals surface area (Å²) in [6.45, 7) is 1.37. The average molecular weight is 538 g/mol. The maximum Gasteiger partial charge on any atom is 0.338 e. The molecule has 192 valence electrons. The lowest BCUT2D eigenvalue weighted by Crippen LogP contribution is -2.47. The van der Waals surface area contributed by atoms with E-state index in [4.69, 9.17) is 25.5 Å². The molecule has 13 heteroatoms. The molecule has 0 unspecified atom stereocenters. The number of benzene rings is 1. The topological polar surface area (TPSA) is 144 Å². The van der Waals surface area contributed by atoms with Gasteiger partial charge in [-0.2, -0.15) is 4.31 Å². The van der Waals surface area contributed by atoms with Crippen LogP contribution in [0.2, 0.25) is 5.02 Å². The Morgan fingerprint density at radius 3 is 2.61 bits per heavy atom. The lowest BCUT2D eigenvalue weighted by atomic mass is 10.0. The highest BCUT2D eigenvalue weighted by Gasteiger charge is 2.41. The number of furan rings is 1. The summed E-state index contributed by atoms with van der Waals surface area (Å²) >= 11 is 5.86. The number of hydrogen-bond acceptors (Lipinski definition) is 8. The summed E-state index contributed by atoms with van der Waals surface area (Å²) in [7, 11) is -3.98. The predicted octanol–water partition coefficient (Wildman–Crippen LogP) is 2.50. The Bertz CT molecular complexity index is 1270. The van der Waals surface area contributed by atoms with E-state index in [0.29, 0.717) is 11.4 Å². The van der Waals surface area contributed by atoms with Crippen molar-refractivity contribution in [3.05, 3.63) is 64.7 Å². The minimum atomic E-state index is -3.98. The van der Waals surface area contributed by atoms with E-state index in [-0.39, 0.29) is 41.5 Å². The van der Waals surface area contributed by atoms with Crippen molar-refractivity contribution >= 4 is 39.6 Å². The maximum absolute atomic E-state index is 13.1. The summed E-state index contributed by atoms with van der Waals surface area (Å²) in [5.41, 5.74) is 0.0216. The smallest absolute Gasteiger partial charge is 0.338 e. The molecule has 2 atom stereocenters. The lowest BCUT2D eigenvalue weighted by molar-refractivity contribution is -0.147. The van der Waals surface area contributed by atoms with E-state index in [1.807, 2.05) is 0 Å². The number of rotatable bonds is 8. The van der Waals surface area contributed by atoms with Crippen LogP contribution in [-0.4, -0.2) is 56.5 Å². The Morgan fingerprint density at radius 1 is 1.19 bits per heavy atom. The van der Waals surface area contributed by atoms with E-state index in [9.17, 15) is 22.8 Å². The summed E-state index contributed by atoms with van der Waals surface area (Å²) in [5.74, 6) is -1.25. The second-order valence-corrected chi connectivity index (χ2v) is 10.3. The van der Waals surface area contributed by atoms with Crippen molar-refractivity contribution in [2.45, 2.75) is 36.7 Å². The Morgan fingerprint density at radius 2 is 1.94 bits per heavy atom. The van der Waals surface area contributed by atoms with Gasteiger partial charge in [0, 0.05) is 11.6 Å². The van der Waals surface area contributed by atoms with Crippen LogP contribution in [0.15, 0.2) is 63.2 Å². The third kappa shape index (κ3) is 5.25. The van der Waals surface area contributed by atoms with Gasteiger partial charge in [0.2, 0.25) is 10.0 Å². The Hall–Kier alpha value is -3.35. The number of ether oxygens (including phenoxy) is 2. The fourth-order valence-corrected chi connectivity index (χ4v) is 5.87. The zero-order valence-corrected chi connectivity index (χ0v) is 20.8. The van der Waals surface area contributed by atoms with E-state index in [1.54, 1.807) is 19.1 Å². The summed E-state index contributed by atoms with van der Waals surface area (Å²) < 4.78 is 43.3. The first-order valence-electron chi connectivity index (χ1n) is 11.2. The van der Waals surface area contributed by atoms with E-state index < -0.39 is 46.7 Å². The molecule has 1 aromatic carbocycles. The van der Waals surface area contributed by atoms with Crippen molar-refractivity contribution in [2.75, 3.05) is 19.8 Å². The Balaban J connectivity index is 1.56. The normalized spacial score (nSPS) is 20.6. The highest BCUT2D eigenvalue weighted by molar-refractivity contribution is 7.89. The zero-order chi connectivity index (χ0) is 25.9. The van der Waals surface area contributed by atoms with Crippen molar-refractivity contribution in [1.29, 1.82) is 0 Å². The fourth-order valence-electron chi connectivity index (χ4n) is 4.10. The Labute approximate surface area is 212 Å². The second-order valence-electron chi connectivity index (χ2n) is 8.00. The van der Waals surface area contributed by atoms with Crippen LogP contribution >= 0.6 is 11.6 Å². The largest absolute Gasteiger partial charge is 0.467 e. The molecule has 4 rings (SSSR count). The first kappa shape index (κ1) is 25.7. The highest BCUT2D eigenvalue weighted by atomic mass is 35.5. The van der Waals surface area contributed by atoms with Gasteiger partial charge in [-0.05, 0) is 56.2 Å². The van der Waals surface area contributed by atoms with Crippen LogP contribution in [0.25, 0.3) is 0 Å². The van der Waals surface area contributed by atoms with Crippen molar-refractivity contribution in [3.63, 3.8) is 0 Å². The molecular weight excluding hydrogens is 514 g/mol. The molecule has 1 fully saturated rings. The van der Waals surface area contributed by atoms with Crippen molar-refractivity contribution in [1.82, 2.24) is 14.9 Å². The van der Waals surface area contributed by atoms with Gasteiger partial charge >= 0.3 is 18.0 Å². The molecule has 0 aliphatic carbocycles. The molecule has 36 heavy (non-hydrogen) atoms. The number of halogens is 1. The van der Waals surface area contributed by atoms with E-state index in [1.165, 1.54) is 30.5 Å². The standard InChI is InChI=1S/C23H24ClN3O8S/c1-2-33-22(29)19-16(25-23(30)26-20(19)18-6-4-12-34-18)13-35-21(28)17-5-3-11-27(17)36(31,32)15-9-7-14(24)8-10-15/h4,6-10,12,17,20H,2-3,5,11,13H2,1H3,(H2,25,26,30)/t17-,20+/m1/s1. The molecular formula is C23H24ClN3O8S. The number of hydrogen-bond donors (Lipinski definition) is 2. The Kier molecular flexibility index (Phi) is 7.67. The van der Waals surface area contributed by atoms with Crippen LogP contribution in [0.1, 0.15) is 31.6 Å². The summed E-state index contributed by atoms with van der Waals surface area (Å²) in [6.07, 6.45) is 2.12. The quantitative estimate of drug-likeness (QED) is 0.489. The number of sulfonamides is 1. The number of urea groups is 1. The van der Waals surface area contributed by atoms with Gasteiger partial charge in [-0.3, -0.25) is 4.79 Å². The van der Waals surface area contributed by atoms with Gasteiger partial charge < -0.3 is 24.5 Å². The minimum Gasteiger partial charge on any atom is -0.467 e. The van der Waals surface area contributed by atoms with Crippen LogP contribution in [0.5, 0.6) is 0 Å². The summed E-state index contributed by atoms with van der Waals surface area (Å²) in [4.78, 5) is 38.0. The van der Waals surface area contributed by atoms with Gasteiger partial charge in [-0.15, -0.1) is 0 Å². The number of nitrogens with zero attached hydrogens (tertiary/aromatic N) is 1. The number of amides is 2. The van der Waals surface area contributed by atoms with Crippen LogP contribution < -0.4 is 10.6 Å². The monoisotopic (exact) mass is 537 g/mol. The molecule has 1 aromatic heterocycles. The van der Waals surface area contributed by atoms with Crippen LogP contribution in [0.3, 0.4) is 0 Å². The molecule has 2 aliphatic heterocycles. The predicted molar refractivity (Wildman–Crippen MR) is 126 cm³/mol. The first-order chi connectivity index (χ1) is 17.2. The zero-order valence-electron chi connectivity index (χ0n) is 19.2. The van der Waals surface area contributed by atoms with E-state index in [2.05, 4.69) is 10.6 Å². The van der Waals surface area contributed by atoms with Crippen molar-refractivity contribution in [2.24, 2.45) is 0 Å². The SMILES string of the molecule is CCOC(=O)C1=C(COC(=O)[C@H]2CCCN2S(=O)(=O)c2ccc(Cl)cc2)NC(=O)N[C@H]1c1ccco1. The molecule has 0 spiro atoms. The van der Waals surface area contributed by atoms with Gasteiger partial charge in [0.25, 0.3) is 0 Å². The van der Waals surface area contributed by atoms with Gasteiger partial charge in [-0.1, -0.05) is 11.6 Å². The first-order valence-corrected chi connectivity index (χ1v) is 13.0. The molecule has 2 aromatic rings. The van der Waals surface area contributed by atoms with Crippen molar-refractivity contribution < 1.29 is 36.7 Å². The summed E-state index contributed by atoms with van der Waals surface area (Å²) in [5, 5.41) is 5.46. The van der Waals surface area contributed by atoms with Crippen LogP contribution in [0.4, 0.5) is 4.79 Å². The number of nitrogens with one attached hydrogen (secondary N) is 2. The molecule has 0 bridgehead atoms. The lowest BCUT2D eigenvalue weighted by Gasteiger charge is -2.28. The summed E-state index contributed by atoms with van der Waals surface area (Å²) in [6, 6.07) is 6.17. The van der Waals surface area contributed by atoms with Crippen molar-refractivity contribution in [3.8, 4) is 0 Å². The van der Waals surface area contributed by atoms with Crippen LogP contribution in [-0.2, 0) is 29.1 Å². The van der Waals surface area contributed by atoms with Gasteiger partial charge in [0.15, 0.2) is 0 Å².